The van der Waals surface area contributed by atoms with E-state index in [2.05, 4.69) is 26.4 Å². The predicted molar refractivity (Wildman–Crippen MR) is 190 cm³/mol. The minimum atomic E-state index is -3.92. The summed E-state index contributed by atoms with van der Waals surface area (Å²) in [5.41, 5.74) is 7.90. The van der Waals surface area contributed by atoms with Gasteiger partial charge in [0.1, 0.15) is 28.6 Å². The van der Waals surface area contributed by atoms with Gasteiger partial charge in [-0.3, -0.25) is 35.3 Å². The molecule has 6 rings (SSSR count). The number of sulfonamides is 1. The molecule has 0 heterocycles. The van der Waals surface area contributed by atoms with Crippen LogP contribution in [0.5, 0.6) is 11.5 Å². The van der Waals surface area contributed by atoms with Crippen molar-refractivity contribution in [3.8, 4) is 11.5 Å². The average molecular weight is 785 g/mol. The van der Waals surface area contributed by atoms with Crippen LogP contribution in [0.4, 0.5) is 22.7 Å². The number of phenols is 2. The molecule has 0 saturated carbocycles. The molecule has 53 heavy (non-hydrogen) atoms. The first-order chi connectivity index (χ1) is 24.2. The van der Waals surface area contributed by atoms with Crippen LogP contribution in [0, 0.1) is 10.1 Å². The number of phenolic OH excluding ortho intramolecular Hbond substituents is 2. The molecule has 2 aliphatic rings. The largest absolute Gasteiger partial charge is 1.00 e. The second kappa shape index (κ2) is 17.9. The van der Waals surface area contributed by atoms with Gasteiger partial charge in [0.15, 0.2) is 0 Å². The Morgan fingerprint density at radius 3 is 1.98 bits per heavy atom. The van der Waals surface area contributed by atoms with E-state index in [0.29, 0.717) is 22.4 Å². The van der Waals surface area contributed by atoms with E-state index in [0.717, 1.165) is 29.8 Å². The number of hydrogen-bond donors (Lipinski definition) is 6. The Bertz CT molecular complexity index is 2360. The summed E-state index contributed by atoms with van der Waals surface area (Å²) in [5, 5.41) is 46.4. The molecule has 19 heteroatoms. The van der Waals surface area contributed by atoms with Crippen molar-refractivity contribution in [3.05, 3.63) is 123 Å². The number of ketones is 2. The first kappa shape index (κ1) is 42.0. The maximum atomic E-state index is 12.3. The molecule has 0 atom stereocenters. The zero-order valence-electron chi connectivity index (χ0n) is 27.8. The third-order valence-electron chi connectivity index (χ3n) is 7.22. The van der Waals surface area contributed by atoms with Crippen molar-refractivity contribution in [3.63, 3.8) is 0 Å². The Morgan fingerprint density at radius 2 is 1.34 bits per heavy atom. The number of non-ortho nitro benzene ring substituents is 1. The number of rotatable bonds is 7. The number of aromatic hydroxyl groups is 2. The minimum absolute atomic E-state index is 0. The Hall–Kier alpha value is -5.45. The van der Waals surface area contributed by atoms with Crippen molar-refractivity contribution in [1.82, 2.24) is 0 Å². The van der Waals surface area contributed by atoms with E-state index in [1.165, 1.54) is 31.2 Å². The number of carbonyl (C=O) groups excluding carboxylic acids is 3. The van der Waals surface area contributed by atoms with Crippen molar-refractivity contribution in [2.75, 3.05) is 16.2 Å². The molecule has 0 bridgehead atoms. The molecule has 4 aromatic rings. The van der Waals surface area contributed by atoms with Gasteiger partial charge >= 0.3 is 29.6 Å². The fourth-order valence-electron chi connectivity index (χ4n) is 4.84. The van der Waals surface area contributed by atoms with Gasteiger partial charge in [0.25, 0.3) is 5.69 Å². The van der Waals surface area contributed by atoms with E-state index in [1.807, 2.05) is 12.1 Å². The van der Waals surface area contributed by atoms with E-state index in [4.69, 9.17) is 5.14 Å². The number of allylic oxidation sites excluding steroid dienone is 2. The Morgan fingerprint density at radius 1 is 0.774 bits per heavy atom. The van der Waals surface area contributed by atoms with E-state index in [1.54, 1.807) is 42.5 Å². The van der Waals surface area contributed by atoms with Crippen LogP contribution in [-0.2, 0) is 41.8 Å². The molecule has 264 valence electrons. The summed E-state index contributed by atoms with van der Waals surface area (Å²) in [5.74, 6) is -1.52. The van der Waals surface area contributed by atoms with E-state index >= 15 is 0 Å². The number of nitrogens with zero attached hydrogens (tertiary/aromatic N) is 3. The van der Waals surface area contributed by atoms with Gasteiger partial charge in [0.05, 0.1) is 21.2 Å². The number of carbonyl (C=O) groups is 3. The molecular formula is C34H27CrN7NaO9S+. The molecule has 16 nitrogen and oxygen atoms in total. The van der Waals surface area contributed by atoms with Crippen LogP contribution >= 0.6 is 0 Å². The summed E-state index contributed by atoms with van der Waals surface area (Å²) in [6.07, 6.45) is 6.01. The SMILES string of the molecule is CC(=O)Nc1cccc2c1/C(=N/Nc1cc([N+](=O)[O-])ccc1O)C(=O)C=C2.NS(=O)(=O)c1ccc(O)c(N/N=C2\C(=O)C=Cc3ccccc32)c1.[Cr].[Na+]. The fourth-order valence-corrected chi connectivity index (χ4v) is 5.38. The molecule has 0 spiro atoms. The molecule has 2 aliphatic carbocycles. The third kappa shape index (κ3) is 10.1. The maximum Gasteiger partial charge on any atom is 1.00 e. The number of nitrogens with one attached hydrogen (secondary N) is 3. The zero-order valence-corrected chi connectivity index (χ0v) is 31.9. The van der Waals surface area contributed by atoms with Crippen LogP contribution in [0.3, 0.4) is 0 Å². The minimum Gasteiger partial charge on any atom is -0.506 e. The normalized spacial score (nSPS) is 14.1. The number of anilines is 3. The van der Waals surface area contributed by atoms with Crippen LogP contribution in [0.25, 0.3) is 12.2 Å². The maximum absolute atomic E-state index is 12.3. The van der Waals surface area contributed by atoms with Gasteiger partial charge in [-0.2, -0.15) is 10.2 Å². The molecule has 1 amide bonds. The van der Waals surface area contributed by atoms with Gasteiger partial charge in [0.2, 0.25) is 27.5 Å². The smallest absolute Gasteiger partial charge is 0.506 e. The van der Waals surface area contributed by atoms with Crippen molar-refractivity contribution >= 4 is 73.8 Å². The van der Waals surface area contributed by atoms with E-state index in [-0.39, 0.29) is 103 Å². The predicted octanol–water partition coefficient (Wildman–Crippen LogP) is 1.12. The van der Waals surface area contributed by atoms with Crippen LogP contribution in [-0.4, -0.2) is 52.5 Å². The van der Waals surface area contributed by atoms with E-state index in [9.17, 15) is 43.1 Å². The summed E-state index contributed by atoms with van der Waals surface area (Å²) in [7, 11) is -3.92. The first-order valence-corrected chi connectivity index (χ1v) is 16.2. The van der Waals surface area contributed by atoms with Crippen LogP contribution in [0.1, 0.15) is 29.2 Å². The van der Waals surface area contributed by atoms with Gasteiger partial charge < -0.3 is 15.5 Å². The number of nitrogens with two attached hydrogens (primary N) is 1. The summed E-state index contributed by atoms with van der Waals surface area (Å²) >= 11 is 0. The van der Waals surface area contributed by atoms with Crippen LogP contribution in [0.2, 0.25) is 0 Å². The molecule has 7 N–H and O–H groups in total. The number of hydrazone groups is 2. The van der Waals surface area contributed by atoms with Gasteiger partial charge in [-0.25, -0.2) is 13.6 Å². The number of nitro groups is 1. The third-order valence-corrected chi connectivity index (χ3v) is 8.13. The monoisotopic (exact) mass is 784 g/mol. The topological polar surface area (TPSA) is 256 Å². The second-order valence-electron chi connectivity index (χ2n) is 10.8. The standard InChI is InChI=1S/C18H14N4O5.C16H13N3O4S.Cr.Na/c1-10(23)19-13-4-2-3-11-5-7-16(25)18(17(11)13)21-20-14-9-12(22(26)27)6-8-15(14)24;17-24(22,23)11-6-8-14(20)13(9-11)18-19-16-12-4-2-1-3-10(12)5-7-15(16)21;;/h2-9,20,24H,1H3,(H,19,23);1-9,18,20H,(H2,17,22,23);;/q;;;+1/b21-18+;19-16-;;. The van der Waals surface area contributed by atoms with Crippen LogP contribution < -0.4 is 50.9 Å². The van der Waals surface area contributed by atoms with Gasteiger partial charge in [-0.05, 0) is 53.6 Å². The van der Waals surface area contributed by atoms with Gasteiger partial charge in [-0.15, -0.1) is 0 Å². The Kier molecular flexibility index (Phi) is 14.1. The molecule has 0 unspecified atom stereocenters. The van der Waals surface area contributed by atoms with E-state index < -0.39 is 20.7 Å². The van der Waals surface area contributed by atoms with Crippen molar-refractivity contribution in [2.45, 2.75) is 11.8 Å². The quantitative estimate of drug-likeness (QED) is 0.0670. The molecule has 0 radical (unpaired) electrons. The van der Waals surface area contributed by atoms with Crippen LogP contribution in [0.15, 0.2) is 106 Å². The molecule has 0 aliphatic heterocycles. The average Bonchev–Trinajstić information content (AvgIpc) is 3.08. The molecule has 4 aromatic carbocycles. The second-order valence-corrected chi connectivity index (χ2v) is 12.3. The number of fused-ring (bicyclic) bond motifs is 2. The van der Waals surface area contributed by atoms with Gasteiger partial charge in [0, 0.05) is 47.5 Å². The number of primary sulfonamides is 1. The summed E-state index contributed by atoms with van der Waals surface area (Å²) in [4.78, 5) is 45.9. The molecule has 0 fully saturated rings. The van der Waals surface area contributed by atoms with Crippen molar-refractivity contribution in [1.29, 1.82) is 0 Å². The summed E-state index contributed by atoms with van der Waals surface area (Å²) < 4.78 is 22.8. The Labute approximate surface area is 334 Å². The molecule has 0 saturated heterocycles. The fraction of sp³-hybridized carbons (Fsp3) is 0.0294. The summed E-state index contributed by atoms with van der Waals surface area (Å²) in [6, 6.07) is 19.2. The zero-order chi connectivity index (χ0) is 36.9. The number of benzene rings is 4. The Balaban J connectivity index is 0.000000277. The number of nitro benzene ring substituents is 1. The van der Waals surface area contributed by atoms with Gasteiger partial charge in [-0.1, -0.05) is 48.6 Å². The summed E-state index contributed by atoms with van der Waals surface area (Å²) in [6.45, 7) is 1.34. The molecular weight excluding hydrogens is 757 g/mol. The first-order valence-electron chi connectivity index (χ1n) is 14.7. The van der Waals surface area contributed by atoms with Crippen molar-refractivity contribution in [2.24, 2.45) is 15.3 Å². The van der Waals surface area contributed by atoms with Crippen molar-refractivity contribution < 1.29 is 84.9 Å². The number of amides is 1. The number of hydrogen-bond acceptors (Lipinski definition) is 13. The molecule has 0 aromatic heterocycles.